The van der Waals surface area contributed by atoms with Crippen molar-refractivity contribution >= 4 is 5.84 Å². The van der Waals surface area contributed by atoms with Crippen molar-refractivity contribution in [2.45, 2.75) is 26.0 Å². The van der Waals surface area contributed by atoms with Crippen molar-refractivity contribution in [1.82, 2.24) is 4.90 Å². The Morgan fingerprint density at radius 1 is 1.42 bits per heavy atom. The van der Waals surface area contributed by atoms with Crippen molar-refractivity contribution in [3.63, 3.8) is 0 Å². The van der Waals surface area contributed by atoms with E-state index < -0.39 is 0 Å². The van der Waals surface area contributed by atoms with Crippen LogP contribution in [0.3, 0.4) is 0 Å². The molecule has 1 saturated heterocycles. The van der Waals surface area contributed by atoms with Gasteiger partial charge in [-0.1, -0.05) is 36.3 Å². The minimum absolute atomic E-state index is 0.119. The molecule has 1 aromatic rings. The van der Waals surface area contributed by atoms with Gasteiger partial charge in [-0.05, 0) is 24.4 Å². The van der Waals surface area contributed by atoms with Crippen LogP contribution >= 0.6 is 0 Å². The second-order valence-electron chi connectivity index (χ2n) is 5.25. The maximum atomic E-state index is 9.87. The second-order valence-corrected chi connectivity index (χ2v) is 5.25. The first-order valence-electron chi connectivity index (χ1n) is 6.57. The average molecular weight is 263 g/mol. The molecule has 0 bridgehead atoms. The lowest BCUT2D eigenvalue weighted by molar-refractivity contribution is 0.0259. The highest BCUT2D eigenvalue weighted by atomic mass is 16.4. The van der Waals surface area contributed by atoms with Gasteiger partial charge in [-0.25, -0.2) is 0 Å². The van der Waals surface area contributed by atoms with Crippen LogP contribution in [-0.2, 0) is 6.54 Å². The SMILES string of the molecule is CC1CCN(Cc2ccc(/C(N)=N/O)cc2)CC1O. The van der Waals surface area contributed by atoms with Gasteiger partial charge in [-0.3, -0.25) is 4.90 Å². The van der Waals surface area contributed by atoms with Crippen LogP contribution in [-0.4, -0.2) is 40.2 Å². The summed E-state index contributed by atoms with van der Waals surface area (Å²) in [6.45, 7) is 4.65. The van der Waals surface area contributed by atoms with Crippen molar-refractivity contribution in [2.24, 2.45) is 16.8 Å². The van der Waals surface area contributed by atoms with Crippen molar-refractivity contribution < 1.29 is 10.3 Å². The van der Waals surface area contributed by atoms with Gasteiger partial charge < -0.3 is 16.0 Å². The molecule has 19 heavy (non-hydrogen) atoms. The van der Waals surface area contributed by atoms with E-state index in [4.69, 9.17) is 10.9 Å². The molecule has 4 N–H and O–H groups in total. The third-order valence-corrected chi connectivity index (χ3v) is 3.77. The summed E-state index contributed by atoms with van der Waals surface area (Å²) in [7, 11) is 0. The van der Waals surface area contributed by atoms with E-state index in [1.807, 2.05) is 24.3 Å². The molecular weight excluding hydrogens is 242 g/mol. The number of β-amino-alcohol motifs (C(OH)–C–C–N with tert-alkyl or cyclic N) is 1. The summed E-state index contributed by atoms with van der Waals surface area (Å²) in [5.41, 5.74) is 7.39. The first-order chi connectivity index (χ1) is 9.10. The van der Waals surface area contributed by atoms with Crippen LogP contribution < -0.4 is 5.73 Å². The number of nitrogens with two attached hydrogens (primary N) is 1. The fourth-order valence-corrected chi connectivity index (χ4v) is 2.35. The molecule has 5 nitrogen and oxygen atoms in total. The first-order valence-corrected chi connectivity index (χ1v) is 6.57. The van der Waals surface area contributed by atoms with E-state index in [1.165, 1.54) is 0 Å². The molecule has 2 unspecified atom stereocenters. The molecule has 2 atom stereocenters. The summed E-state index contributed by atoms with van der Waals surface area (Å²) >= 11 is 0. The number of rotatable bonds is 3. The molecule has 104 valence electrons. The summed E-state index contributed by atoms with van der Waals surface area (Å²) in [5.74, 6) is 0.507. The number of amidine groups is 1. The smallest absolute Gasteiger partial charge is 0.170 e. The summed E-state index contributed by atoms with van der Waals surface area (Å²) in [6, 6.07) is 7.62. The largest absolute Gasteiger partial charge is 0.409 e. The molecule has 0 saturated carbocycles. The quantitative estimate of drug-likeness (QED) is 0.329. The zero-order valence-electron chi connectivity index (χ0n) is 11.2. The molecule has 5 heteroatoms. The predicted octanol–water partition coefficient (Wildman–Crippen LogP) is 0.984. The molecule has 1 aliphatic heterocycles. The highest BCUT2D eigenvalue weighted by molar-refractivity contribution is 5.96. The molecule has 0 radical (unpaired) electrons. The lowest BCUT2D eigenvalue weighted by Gasteiger charge is -2.34. The summed E-state index contributed by atoms with van der Waals surface area (Å²) in [4.78, 5) is 2.25. The molecule has 2 rings (SSSR count). The van der Waals surface area contributed by atoms with Gasteiger partial charge >= 0.3 is 0 Å². The monoisotopic (exact) mass is 263 g/mol. The van der Waals surface area contributed by atoms with E-state index in [1.54, 1.807) is 0 Å². The number of oxime groups is 1. The normalized spacial score (nSPS) is 25.5. The minimum Gasteiger partial charge on any atom is -0.409 e. The molecule has 0 aliphatic carbocycles. The summed E-state index contributed by atoms with van der Waals surface area (Å²) in [5, 5.41) is 21.4. The highest BCUT2D eigenvalue weighted by Gasteiger charge is 2.23. The lowest BCUT2D eigenvalue weighted by atomic mass is 9.95. The Kier molecular flexibility index (Phi) is 4.39. The van der Waals surface area contributed by atoms with Crippen LogP contribution in [0.5, 0.6) is 0 Å². The van der Waals surface area contributed by atoms with Crippen molar-refractivity contribution in [2.75, 3.05) is 13.1 Å². The van der Waals surface area contributed by atoms with Crippen molar-refractivity contribution in [1.29, 1.82) is 0 Å². The Hall–Kier alpha value is -1.59. The molecule has 1 aliphatic rings. The fourth-order valence-electron chi connectivity index (χ4n) is 2.35. The molecule has 0 spiro atoms. The van der Waals surface area contributed by atoms with E-state index in [0.29, 0.717) is 11.5 Å². The molecule has 0 amide bonds. The highest BCUT2D eigenvalue weighted by Crippen LogP contribution is 2.19. The number of benzene rings is 1. The number of aliphatic hydroxyl groups is 1. The van der Waals surface area contributed by atoms with Gasteiger partial charge in [-0.2, -0.15) is 0 Å². The first kappa shape index (κ1) is 13.8. The number of nitrogens with zero attached hydrogens (tertiary/aromatic N) is 2. The molecule has 1 aromatic carbocycles. The molecule has 0 aromatic heterocycles. The Balaban J connectivity index is 1.96. The standard InChI is InChI=1S/C14H21N3O2/c1-10-6-7-17(9-13(10)18)8-11-2-4-12(5-3-11)14(15)16-19/h2-5,10,13,18-19H,6-9H2,1H3,(H2,15,16). The van der Waals surface area contributed by atoms with Gasteiger partial charge in [0.1, 0.15) is 0 Å². The number of likely N-dealkylation sites (tertiary alicyclic amines) is 1. The Labute approximate surface area is 113 Å². The zero-order chi connectivity index (χ0) is 13.8. The van der Waals surface area contributed by atoms with Crippen molar-refractivity contribution in [3.8, 4) is 0 Å². The van der Waals surface area contributed by atoms with Crippen LogP contribution in [0.4, 0.5) is 0 Å². The van der Waals surface area contributed by atoms with Crippen LogP contribution in [0, 0.1) is 5.92 Å². The van der Waals surface area contributed by atoms with Gasteiger partial charge in [0.25, 0.3) is 0 Å². The van der Waals surface area contributed by atoms with Gasteiger partial charge in [0.15, 0.2) is 5.84 Å². The van der Waals surface area contributed by atoms with Gasteiger partial charge in [-0.15, -0.1) is 0 Å². The van der Waals surface area contributed by atoms with Crippen LogP contribution in [0.15, 0.2) is 29.4 Å². The maximum absolute atomic E-state index is 9.87. The maximum Gasteiger partial charge on any atom is 0.170 e. The van der Waals surface area contributed by atoms with E-state index >= 15 is 0 Å². The van der Waals surface area contributed by atoms with E-state index in [9.17, 15) is 5.11 Å². The lowest BCUT2D eigenvalue weighted by Crippen LogP contribution is -2.42. The number of hydrogen-bond donors (Lipinski definition) is 3. The fraction of sp³-hybridized carbons (Fsp3) is 0.500. The molecule has 1 fully saturated rings. The minimum atomic E-state index is -0.231. The number of aliphatic hydroxyl groups excluding tert-OH is 1. The predicted molar refractivity (Wildman–Crippen MR) is 74.0 cm³/mol. The third kappa shape index (κ3) is 3.45. The number of hydrogen-bond acceptors (Lipinski definition) is 4. The van der Waals surface area contributed by atoms with E-state index in [0.717, 1.165) is 31.6 Å². The van der Waals surface area contributed by atoms with E-state index in [2.05, 4.69) is 17.0 Å². The summed E-state index contributed by atoms with van der Waals surface area (Å²) in [6.07, 6.45) is 0.800. The topological polar surface area (TPSA) is 82.1 Å². The van der Waals surface area contributed by atoms with Crippen molar-refractivity contribution in [3.05, 3.63) is 35.4 Å². The third-order valence-electron chi connectivity index (χ3n) is 3.77. The van der Waals surface area contributed by atoms with Crippen LogP contribution in [0.2, 0.25) is 0 Å². The Morgan fingerprint density at radius 3 is 2.68 bits per heavy atom. The van der Waals surface area contributed by atoms with Crippen LogP contribution in [0.25, 0.3) is 0 Å². The van der Waals surface area contributed by atoms with Gasteiger partial charge in [0.05, 0.1) is 6.10 Å². The molecular formula is C14H21N3O2. The number of piperidine rings is 1. The van der Waals surface area contributed by atoms with Gasteiger partial charge in [0.2, 0.25) is 0 Å². The average Bonchev–Trinajstić information content (AvgIpc) is 2.43. The molecule has 1 heterocycles. The Morgan fingerprint density at radius 2 is 2.11 bits per heavy atom. The zero-order valence-corrected chi connectivity index (χ0v) is 11.2. The van der Waals surface area contributed by atoms with Gasteiger partial charge in [0, 0.05) is 18.7 Å². The Bertz CT molecular complexity index is 445. The van der Waals surface area contributed by atoms with E-state index in [-0.39, 0.29) is 11.9 Å². The second kappa shape index (κ2) is 6.04. The summed E-state index contributed by atoms with van der Waals surface area (Å²) < 4.78 is 0. The van der Waals surface area contributed by atoms with Crippen LogP contribution in [0.1, 0.15) is 24.5 Å².